The maximum absolute atomic E-state index is 12.0. The van der Waals surface area contributed by atoms with E-state index in [9.17, 15) is 4.79 Å². The first kappa shape index (κ1) is 11.1. The van der Waals surface area contributed by atoms with E-state index in [4.69, 9.17) is 0 Å². The second-order valence-corrected chi connectivity index (χ2v) is 4.53. The topological polar surface area (TPSA) is 34.9 Å². The molecule has 0 amide bonds. The molecule has 0 aliphatic heterocycles. The van der Waals surface area contributed by atoms with Crippen LogP contribution >= 0.6 is 15.9 Å². The summed E-state index contributed by atoms with van der Waals surface area (Å²) in [6.45, 7) is 3.63. The van der Waals surface area contributed by atoms with Crippen LogP contribution in [0.15, 0.2) is 39.9 Å². The molecule has 0 radical (unpaired) electrons. The first-order valence-corrected chi connectivity index (χ1v) is 5.69. The van der Waals surface area contributed by atoms with Gasteiger partial charge in [-0.15, -0.1) is 0 Å². The van der Waals surface area contributed by atoms with E-state index < -0.39 is 0 Å². The summed E-state index contributed by atoms with van der Waals surface area (Å²) in [5.74, 6) is 0. The fourth-order valence-electron chi connectivity index (χ4n) is 1.44. The zero-order valence-electron chi connectivity index (χ0n) is 9.07. The van der Waals surface area contributed by atoms with Crippen LogP contribution in [0.25, 0.3) is 5.69 Å². The molecule has 1 aromatic carbocycles. The molecule has 4 heteroatoms. The van der Waals surface area contributed by atoms with E-state index in [1.807, 2.05) is 31.2 Å². The van der Waals surface area contributed by atoms with Crippen LogP contribution in [0.3, 0.4) is 0 Å². The average Bonchev–Trinajstić information content (AvgIpc) is 2.26. The van der Waals surface area contributed by atoms with Gasteiger partial charge in [0.2, 0.25) is 0 Å². The summed E-state index contributed by atoms with van der Waals surface area (Å²) in [4.78, 5) is 16.2. The van der Waals surface area contributed by atoms with Crippen molar-refractivity contribution >= 4 is 15.9 Å². The maximum atomic E-state index is 12.0. The van der Waals surface area contributed by atoms with Crippen LogP contribution in [-0.2, 0) is 0 Å². The molecular formula is C12H11BrN2O. The molecule has 2 aromatic rings. The molecule has 82 valence electrons. The van der Waals surface area contributed by atoms with Crippen molar-refractivity contribution in [2.24, 2.45) is 0 Å². The highest BCUT2D eigenvalue weighted by atomic mass is 79.9. The van der Waals surface area contributed by atoms with Crippen LogP contribution in [0.1, 0.15) is 11.3 Å². The van der Waals surface area contributed by atoms with Crippen LogP contribution in [0, 0.1) is 13.8 Å². The van der Waals surface area contributed by atoms with Gasteiger partial charge < -0.3 is 0 Å². The predicted octanol–water partition coefficient (Wildman–Crippen LogP) is 2.61. The molecule has 0 atom stereocenters. The standard InChI is InChI=1S/C12H11BrN2O/c1-8-9(2)14-7-15(12(8)16)11-5-3-4-10(13)6-11/h3-7H,1-2H3. The highest BCUT2D eigenvalue weighted by Crippen LogP contribution is 2.14. The van der Waals surface area contributed by atoms with Gasteiger partial charge in [-0.25, -0.2) is 4.98 Å². The Balaban J connectivity index is 2.66. The van der Waals surface area contributed by atoms with Gasteiger partial charge in [-0.1, -0.05) is 22.0 Å². The zero-order chi connectivity index (χ0) is 11.7. The van der Waals surface area contributed by atoms with Gasteiger partial charge in [-0.2, -0.15) is 0 Å². The minimum absolute atomic E-state index is 0.0226. The largest absolute Gasteiger partial charge is 0.269 e. The highest BCUT2D eigenvalue weighted by molar-refractivity contribution is 9.10. The summed E-state index contributed by atoms with van der Waals surface area (Å²) < 4.78 is 2.49. The van der Waals surface area contributed by atoms with Crippen molar-refractivity contribution in [3.63, 3.8) is 0 Å². The molecule has 0 aliphatic rings. The molecule has 0 saturated heterocycles. The van der Waals surface area contributed by atoms with E-state index in [1.165, 1.54) is 0 Å². The fraction of sp³-hybridized carbons (Fsp3) is 0.167. The number of benzene rings is 1. The van der Waals surface area contributed by atoms with Gasteiger partial charge in [-0.05, 0) is 32.0 Å². The Labute approximate surface area is 102 Å². The predicted molar refractivity (Wildman–Crippen MR) is 67.0 cm³/mol. The summed E-state index contributed by atoms with van der Waals surface area (Å²) in [6, 6.07) is 7.57. The lowest BCUT2D eigenvalue weighted by Crippen LogP contribution is -2.22. The van der Waals surface area contributed by atoms with Gasteiger partial charge in [0.1, 0.15) is 6.33 Å². The lowest BCUT2D eigenvalue weighted by atomic mass is 10.2. The first-order valence-electron chi connectivity index (χ1n) is 4.90. The Morgan fingerprint density at radius 1 is 1.31 bits per heavy atom. The molecule has 0 bridgehead atoms. The number of hydrogen-bond acceptors (Lipinski definition) is 2. The zero-order valence-corrected chi connectivity index (χ0v) is 10.7. The smallest absolute Gasteiger partial charge is 0.261 e. The monoisotopic (exact) mass is 278 g/mol. The summed E-state index contributed by atoms with van der Waals surface area (Å²) in [5, 5.41) is 0. The number of hydrogen-bond donors (Lipinski definition) is 0. The molecular weight excluding hydrogens is 268 g/mol. The molecule has 1 aromatic heterocycles. The fourth-order valence-corrected chi connectivity index (χ4v) is 1.83. The van der Waals surface area contributed by atoms with Gasteiger partial charge in [0, 0.05) is 15.7 Å². The molecule has 2 rings (SSSR count). The van der Waals surface area contributed by atoms with Crippen LogP contribution in [0.5, 0.6) is 0 Å². The van der Waals surface area contributed by atoms with Gasteiger partial charge in [0.25, 0.3) is 5.56 Å². The third kappa shape index (κ3) is 1.93. The van der Waals surface area contributed by atoms with E-state index in [0.29, 0.717) is 5.56 Å². The quantitative estimate of drug-likeness (QED) is 0.804. The Bertz CT molecular complexity index is 590. The van der Waals surface area contributed by atoms with Crippen molar-refractivity contribution in [2.45, 2.75) is 13.8 Å². The summed E-state index contributed by atoms with van der Waals surface area (Å²) in [7, 11) is 0. The normalized spacial score (nSPS) is 10.4. The van der Waals surface area contributed by atoms with E-state index in [0.717, 1.165) is 15.9 Å². The van der Waals surface area contributed by atoms with Crippen molar-refractivity contribution in [3.8, 4) is 5.69 Å². The van der Waals surface area contributed by atoms with Crippen LogP contribution in [-0.4, -0.2) is 9.55 Å². The van der Waals surface area contributed by atoms with Gasteiger partial charge in [-0.3, -0.25) is 9.36 Å². The highest BCUT2D eigenvalue weighted by Gasteiger charge is 2.05. The van der Waals surface area contributed by atoms with Crippen molar-refractivity contribution < 1.29 is 0 Å². The van der Waals surface area contributed by atoms with Crippen LogP contribution in [0.4, 0.5) is 0 Å². The minimum atomic E-state index is -0.0226. The lowest BCUT2D eigenvalue weighted by molar-refractivity contribution is 0.893. The molecule has 0 N–H and O–H groups in total. The first-order chi connectivity index (χ1) is 7.59. The Morgan fingerprint density at radius 3 is 2.75 bits per heavy atom. The number of rotatable bonds is 1. The summed E-state index contributed by atoms with van der Waals surface area (Å²) >= 11 is 3.38. The van der Waals surface area contributed by atoms with Crippen LogP contribution in [0.2, 0.25) is 0 Å². The van der Waals surface area contributed by atoms with E-state index in [1.54, 1.807) is 17.8 Å². The van der Waals surface area contributed by atoms with Crippen molar-refractivity contribution in [3.05, 3.63) is 56.7 Å². The number of aryl methyl sites for hydroxylation is 1. The van der Waals surface area contributed by atoms with Gasteiger partial charge >= 0.3 is 0 Å². The number of nitrogens with zero attached hydrogens (tertiary/aromatic N) is 2. The van der Waals surface area contributed by atoms with Crippen molar-refractivity contribution in [2.75, 3.05) is 0 Å². The number of halogens is 1. The molecule has 0 spiro atoms. The van der Waals surface area contributed by atoms with Crippen molar-refractivity contribution in [1.29, 1.82) is 0 Å². The van der Waals surface area contributed by atoms with E-state index in [2.05, 4.69) is 20.9 Å². The Hall–Kier alpha value is -1.42. The molecule has 0 aliphatic carbocycles. The third-order valence-corrected chi connectivity index (χ3v) is 3.03. The van der Waals surface area contributed by atoms with Crippen molar-refractivity contribution in [1.82, 2.24) is 9.55 Å². The van der Waals surface area contributed by atoms with Gasteiger partial charge in [0.15, 0.2) is 0 Å². The second-order valence-electron chi connectivity index (χ2n) is 3.61. The average molecular weight is 279 g/mol. The molecule has 0 unspecified atom stereocenters. The molecule has 1 heterocycles. The Kier molecular flexibility index (Phi) is 2.92. The number of aromatic nitrogens is 2. The van der Waals surface area contributed by atoms with Gasteiger partial charge in [0.05, 0.1) is 5.69 Å². The van der Waals surface area contributed by atoms with E-state index >= 15 is 0 Å². The van der Waals surface area contributed by atoms with E-state index in [-0.39, 0.29) is 5.56 Å². The molecule has 0 saturated carbocycles. The second kappa shape index (κ2) is 4.22. The third-order valence-electron chi connectivity index (χ3n) is 2.54. The molecule has 16 heavy (non-hydrogen) atoms. The van der Waals surface area contributed by atoms with Crippen LogP contribution < -0.4 is 5.56 Å². The maximum Gasteiger partial charge on any atom is 0.261 e. The lowest BCUT2D eigenvalue weighted by Gasteiger charge is -2.07. The minimum Gasteiger partial charge on any atom is -0.269 e. The molecule has 3 nitrogen and oxygen atoms in total. The SMILES string of the molecule is Cc1ncn(-c2cccc(Br)c2)c(=O)c1C. The molecule has 0 fully saturated rings. The Morgan fingerprint density at radius 2 is 2.06 bits per heavy atom. The summed E-state index contributed by atoms with van der Waals surface area (Å²) in [6.07, 6.45) is 1.56. The summed E-state index contributed by atoms with van der Waals surface area (Å²) in [5.41, 5.74) is 2.25.